The van der Waals surface area contributed by atoms with Crippen molar-refractivity contribution in [2.45, 2.75) is 6.54 Å². The fourth-order valence-electron chi connectivity index (χ4n) is 1.93. The van der Waals surface area contributed by atoms with Crippen LogP contribution in [-0.4, -0.2) is 15.0 Å². The topological polar surface area (TPSA) is 62.7 Å². The van der Waals surface area contributed by atoms with E-state index in [9.17, 15) is 0 Å². The molecule has 2 N–H and O–H groups in total. The van der Waals surface area contributed by atoms with Crippen molar-refractivity contribution in [2.75, 3.05) is 10.6 Å². The highest BCUT2D eigenvalue weighted by Gasteiger charge is 2.04. The summed E-state index contributed by atoms with van der Waals surface area (Å²) in [7, 11) is 0. The lowest BCUT2D eigenvalue weighted by atomic mass is 10.3. The van der Waals surface area contributed by atoms with Gasteiger partial charge in [0.1, 0.15) is 5.82 Å². The van der Waals surface area contributed by atoms with Gasteiger partial charge in [-0.05, 0) is 35.9 Å². The highest BCUT2D eigenvalue weighted by atomic mass is 35.5. The number of halogens is 2. The van der Waals surface area contributed by atoms with Gasteiger partial charge in [-0.25, -0.2) is 4.98 Å². The summed E-state index contributed by atoms with van der Waals surface area (Å²) in [5.74, 6) is 1.15. The van der Waals surface area contributed by atoms with Crippen LogP contribution in [0.5, 0.6) is 0 Å². The maximum absolute atomic E-state index is 6.15. The van der Waals surface area contributed by atoms with Crippen LogP contribution in [0, 0.1) is 0 Å². The minimum Gasteiger partial charge on any atom is -0.350 e. The first-order chi connectivity index (χ1) is 11.2. The van der Waals surface area contributed by atoms with Crippen LogP contribution in [0.4, 0.5) is 17.5 Å². The van der Waals surface area contributed by atoms with E-state index in [2.05, 4.69) is 25.6 Å². The Morgan fingerprint density at radius 3 is 2.74 bits per heavy atom. The molecule has 0 fully saturated rings. The van der Waals surface area contributed by atoms with Gasteiger partial charge in [0.25, 0.3) is 0 Å². The average molecular weight is 346 g/mol. The smallest absolute Gasteiger partial charge is 0.224 e. The third-order valence-corrected chi connectivity index (χ3v) is 3.57. The van der Waals surface area contributed by atoms with E-state index in [1.165, 1.54) is 0 Å². The lowest BCUT2D eigenvalue weighted by molar-refractivity contribution is 1.04. The standard InChI is InChI=1S/C16H13Cl2N5/c17-12-3-4-14(13(18)8-12)22-15-5-7-20-16(23-15)21-10-11-2-1-6-19-9-11/h1-9H,10H2,(H2,20,21,22,23). The summed E-state index contributed by atoms with van der Waals surface area (Å²) in [6.07, 6.45) is 5.20. The number of nitrogens with zero attached hydrogens (tertiary/aromatic N) is 3. The van der Waals surface area contributed by atoms with Gasteiger partial charge in [0, 0.05) is 30.2 Å². The zero-order chi connectivity index (χ0) is 16.1. The van der Waals surface area contributed by atoms with Crippen molar-refractivity contribution in [2.24, 2.45) is 0 Å². The van der Waals surface area contributed by atoms with E-state index >= 15 is 0 Å². The number of anilines is 3. The molecule has 5 nitrogen and oxygen atoms in total. The Hall–Kier alpha value is -2.37. The molecule has 1 aromatic carbocycles. The highest BCUT2D eigenvalue weighted by Crippen LogP contribution is 2.27. The zero-order valence-corrected chi connectivity index (χ0v) is 13.5. The molecule has 23 heavy (non-hydrogen) atoms. The number of aromatic nitrogens is 3. The fourth-order valence-corrected chi connectivity index (χ4v) is 2.38. The zero-order valence-electron chi connectivity index (χ0n) is 12.0. The van der Waals surface area contributed by atoms with Gasteiger partial charge < -0.3 is 10.6 Å². The predicted molar refractivity (Wildman–Crippen MR) is 93.3 cm³/mol. The van der Waals surface area contributed by atoms with Crippen molar-refractivity contribution >= 4 is 40.7 Å². The minimum atomic E-state index is 0.518. The predicted octanol–water partition coefficient (Wildman–Crippen LogP) is 4.53. The number of pyridine rings is 1. The van der Waals surface area contributed by atoms with E-state index in [1.807, 2.05) is 12.1 Å². The van der Waals surface area contributed by atoms with Crippen molar-refractivity contribution in [3.05, 3.63) is 70.6 Å². The van der Waals surface area contributed by atoms with Gasteiger partial charge in [-0.3, -0.25) is 4.98 Å². The van der Waals surface area contributed by atoms with Crippen LogP contribution in [0.25, 0.3) is 0 Å². The van der Waals surface area contributed by atoms with Crippen LogP contribution in [0.2, 0.25) is 10.0 Å². The summed E-state index contributed by atoms with van der Waals surface area (Å²) in [5, 5.41) is 7.41. The molecule has 0 atom stereocenters. The Morgan fingerprint density at radius 1 is 1.04 bits per heavy atom. The normalized spacial score (nSPS) is 10.3. The molecule has 2 heterocycles. The molecule has 116 valence electrons. The van der Waals surface area contributed by atoms with Gasteiger partial charge in [-0.1, -0.05) is 29.3 Å². The molecule has 0 spiro atoms. The monoisotopic (exact) mass is 345 g/mol. The molecule has 0 saturated heterocycles. The van der Waals surface area contributed by atoms with E-state index in [4.69, 9.17) is 23.2 Å². The van der Waals surface area contributed by atoms with E-state index in [0.717, 1.165) is 11.3 Å². The fraction of sp³-hybridized carbons (Fsp3) is 0.0625. The Labute approximate surface area is 143 Å². The Balaban J connectivity index is 1.69. The third-order valence-electron chi connectivity index (χ3n) is 3.02. The summed E-state index contributed by atoms with van der Waals surface area (Å²) in [4.78, 5) is 12.7. The molecule has 0 radical (unpaired) electrons. The van der Waals surface area contributed by atoms with Crippen LogP contribution in [-0.2, 0) is 6.54 Å². The number of rotatable bonds is 5. The third kappa shape index (κ3) is 4.31. The molecule has 7 heteroatoms. The Morgan fingerprint density at radius 2 is 1.96 bits per heavy atom. The first kappa shape index (κ1) is 15.5. The number of benzene rings is 1. The van der Waals surface area contributed by atoms with E-state index < -0.39 is 0 Å². The molecule has 0 aliphatic rings. The van der Waals surface area contributed by atoms with Crippen LogP contribution in [0.15, 0.2) is 55.0 Å². The molecule has 3 aromatic rings. The van der Waals surface area contributed by atoms with Crippen LogP contribution in [0.3, 0.4) is 0 Å². The number of hydrogen-bond acceptors (Lipinski definition) is 5. The average Bonchev–Trinajstić information content (AvgIpc) is 2.57. The molecule has 0 bridgehead atoms. The van der Waals surface area contributed by atoms with E-state index in [1.54, 1.807) is 42.9 Å². The van der Waals surface area contributed by atoms with Crippen molar-refractivity contribution in [3.8, 4) is 0 Å². The summed E-state index contributed by atoms with van der Waals surface area (Å²) < 4.78 is 0. The molecule has 0 aliphatic heterocycles. The first-order valence-corrected chi connectivity index (χ1v) is 7.64. The van der Waals surface area contributed by atoms with Gasteiger partial charge in [-0.15, -0.1) is 0 Å². The first-order valence-electron chi connectivity index (χ1n) is 6.88. The van der Waals surface area contributed by atoms with Crippen LogP contribution < -0.4 is 10.6 Å². The molecule has 0 aliphatic carbocycles. The summed E-state index contributed by atoms with van der Waals surface area (Å²) in [5.41, 5.74) is 1.78. The van der Waals surface area contributed by atoms with Gasteiger partial charge in [0.15, 0.2) is 0 Å². The maximum Gasteiger partial charge on any atom is 0.224 e. The Bertz CT molecular complexity index is 795. The molecule has 0 amide bonds. The van der Waals surface area contributed by atoms with Gasteiger partial charge in [0.2, 0.25) is 5.95 Å². The maximum atomic E-state index is 6.15. The second-order valence-electron chi connectivity index (χ2n) is 4.73. The summed E-state index contributed by atoms with van der Waals surface area (Å²) >= 11 is 12.0. The van der Waals surface area contributed by atoms with Crippen LogP contribution in [0.1, 0.15) is 5.56 Å². The second kappa shape index (κ2) is 7.26. The number of nitrogens with one attached hydrogen (secondary N) is 2. The molecule has 0 saturated carbocycles. The van der Waals surface area contributed by atoms with Crippen LogP contribution >= 0.6 is 23.2 Å². The van der Waals surface area contributed by atoms with Crippen molar-refractivity contribution in [3.63, 3.8) is 0 Å². The summed E-state index contributed by atoms with van der Waals surface area (Å²) in [6.45, 7) is 0.596. The highest BCUT2D eigenvalue weighted by molar-refractivity contribution is 6.36. The quantitative estimate of drug-likeness (QED) is 0.710. The minimum absolute atomic E-state index is 0.518. The lowest BCUT2D eigenvalue weighted by Crippen LogP contribution is -2.05. The van der Waals surface area contributed by atoms with Gasteiger partial charge in [-0.2, -0.15) is 4.98 Å². The SMILES string of the molecule is Clc1ccc(Nc2ccnc(NCc3cccnc3)n2)c(Cl)c1. The van der Waals surface area contributed by atoms with Gasteiger partial charge >= 0.3 is 0 Å². The van der Waals surface area contributed by atoms with E-state index in [0.29, 0.717) is 28.4 Å². The molecule has 2 aromatic heterocycles. The van der Waals surface area contributed by atoms with Crippen molar-refractivity contribution in [1.29, 1.82) is 0 Å². The number of hydrogen-bond donors (Lipinski definition) is 2. The van der Waals surface area contributed by atoms with E-state index in [-0.39, 0.29) is 0 Å². The Kier molecular flexibility index (Phi) is 4.90. The lowest BCUT2D eigenvalue weighted by Gasteiger charge is -2.09. The molecule has 0 unspecified atom stereocenters. The second-order valence-corrected chi connectivity index (χ2v) is 5.57. The molecular formula is C16H13Cl2N5. The largest absolute Gasteiger partial charge is 0.350 e. The summed E-state index contributed by atoms with van der Waals surface area (Å²) in [6, 6.07) is 10.9. The van der Waals surface area contributed by atoms with Crippen molar-refractivity contribution in [1.82, 2.24) is 15.0 Å². The van der Waals surface area contributed by atoms with Gasteiger partial charge in [0.05, 0.1) is 10.7 Å². The van der Waals surface area contributed by atoms with Crippen molar-refractivity contribution < 1.29 is 0 Å². The molecular weight excluding hydrogens is 333 g/mol. The molecule has 3 rings (SSSR count).